The molecule has 0 bridgehead atoms. The summed E-state index contributed by atoms with van der Waals surface area (Å²) in [5.74, 6) is 1.07. The fourth-order valence-electron chi connectivity index (χ4n) is 1.68. The van der Waals surface area contributed by atoms with Crippen LogP contribution in [0.4, 0.5) is 8.78 Å². The third kappa shape index (κ3) is 6.62. The van der Waals surface area contributed by atoms with E-state index in [0.717, 1.165) is 5.56 Å². The van der Waals surface area contributed by atoms with Crippen LogP contribution in [-0.2, 0) is 6.42 Å². The van der Waals surface area contributed by atoms with Gasteiger partial charge in [-0.3, -0.25) is 0 Å². The van der Waals surface area contributed by atoms with Crippen LogP contribution < -0.4 is 15.4 Å². The molecule has 0 atom stereocenters. The number of ether oxygens (including phenoxy) is 1. The van der Waals surface area contributed by atoms with Gasteiger partial charge in [-0.1, -0.05) is 17.7 Å². The van der Waals surface area contributed by atoms with E-state index in [4.69, 9.17) is 16.3 Å². The topological polar surface area (TPSA) is 45.7 Å². The number of methoxy groups -OCH3 is 1. The Kier molecular flexibility index (Phi) is 7.82. The number of aliphatic imine (C=N–C) groups is 1. The minimum absolute atomic E-state index is 0.377. The zero-order valence-corrected chi connectivity index (χ0v) is 12.9. The molecule has 0 unspecified atom stereocenters. The van der Waals surface area contributed by atoms with E-state index in [1.54, 1.807) is 13.2 Å². The van der Waals surface area contributed by atoms with Gasteiger partial charge in [0.1, 0.15) is 12.3 Å². The maximum absolute atomic E-state index is 12.2. The second kappa shape index (κ2) is 9.39. The largest absolute Gasteiger partial charge is 0.497 e. The van der Waals surface area contributed by atoms with Gasteiger partial charge in [0.15, 0.2) is 5.96 Å². The van der Waals surface area contributed by atoms with E-state index in [1.807, 2.05) is 19.1 Å². The van der Waals surface area contributed by atoms with E-state index in [2.05, 4.69) is 15.6 Å². The molecule has 0 aromatic heterocycles. The van der Waals surface area contributed by atoms with Gasteiger partial charge in [0.25, 0.3) is 6.43 Å². The van der Waals surface area contributed by atoms with Crippen LogP contribution in [0.25, 0.3) is 0 Å². The first-order valence-electron chi connectivity index (χ1n) is 6.69. The van der Waals surface area contributed by atoms with Crippen LogP contribution >= 0.6 is 11.6 Å². The van der Waals surface area contributed by atoms with Crippen LogP contribution in [0.3, 0.4) is 0 Å². The fourth-order valence-corrected chi connectivity index (χ4v) is 1.94. The first kappa shape index (κ1) is 17.5. The summed E-state index contributed by atoms with van der Waals surface area (Å²) in [6, 6.07) is 5.45. The van der Waals surface area contributed by atoms with Crippen molar-refractivity contribution in [1.82, 2.24) is 10.6 Å². The second-order valence-electron chi connectivity index (χ2n) is 4.24. The quantitative estimate of drug-likeness (QED) is 0.600. The lowest BCUT2D eigenvalue weighted by Crippen LogP contribution is -2.38. The first-order valence-corrected chi connectivity index (χ1v) is 7.07. The monoisotopic (exact) mass is 319 g/mol. The molecule has 4 nitrogen and oxygen atoms in total. The molecular weight excluding hydrogens is 300 g/mol. The molecule has 0 aliphatic carbocycles. The van der Waals surface area contributed by atoms with E-state index < -0.39 is 13.0 Å². The number of nitrogens with zero attached hydrogens (tertiary/aromatic N) is 1. The average molecular weight is 320 g/mol. The molecule has 1 rings (SSSR count). The van der Waals surface area contributed by atoms with E-state index in [0.29, 0.717) is 36.2 Å². The molecule has 0 amide bonds. The van der Waals surface area contributed by atoms with E-state index >= 15 is 0 Å². The number of halogens is 3. The Balaban J connectivity index is 2.51. The summed E-state index contributed by atoms with van der Waals surface area (Å²) in [5, 5.41) is 6.52. The summed E-state index contributed by atoms with van der Waals surface area (Å²) < 4.78 is 29.4. The van der Waals surface area contributed by atoms with Gasteiger partial charge >= 0.3 is 0 Å². The lowest BCUT2D eigenvalue weighted by atomic mass is 10.1. The third-order valence-corrected chi connectivity index (χ3v) is 3.03. The molecule has 0 saturated heterocycles. The lowest BCUT2D eigenvalue weighted by molar-refractivity contribution is 0.158. The Labute approximate surface area is 128 Å². The van der Waals surface area contributed by atoms with Crippen LogP contribution in [0.5, 0.6) is 5.75 Å². The van der Waals surface area contributed by atoms with Gasteiger partial charge in [-0.05, 0) is 31.0 Å². The van der Waals surface area contributed by atoms with Gasteiger partial charge in [-0.25, -0.2) is 13.8 Å². The summed E-state index contributed by atoms with van der Waals surface area (Å²) in [4.78, 5) is 3.79. The SMILES string of the molecule is CCNC(=NCC(F)F)NCCc1ccc(OC)cc1Cl. The van der Waals surface area contributed by atoms with E-state index in [1.165, 1.54) is 0 Å². The molecule has 0 spiro atoms. The maximum Gasteiger partial charge on any atom is 0.257 e. The van der Waals surface area contributed by atoms with Gasteiger partial charge in [0.05, 0.1) is 7.11 Å². The maximum atomic E-state index is 12.2. The third-order valence-electron chi connectivity index (χ3n) is 2.68. The highest BCUT2D eigenvalue weighted by Gasteiger charge is 2.05. The molecule has 1 aromatic rings. The van der Waals surface area contributed by atoms with Crippen molar-refractivity contribution < 1.29 is 13.5 Å². The Hall–Kier alpha value is -1.56. The molecule has 0 aliphatic rings. The Morgan fingerprint density at radius 2 is 2.14 bits per heavy atom. The van der Waals surface area contributed by atoms with Crippen molar-refractivity contribution in [1.29, 1.82) is 0 Å². The van der Waals surface area contributed by atoms with Gasteiger partial charge in [-0.15, -0.1) is 0 Å². The first-order chi connectivity index (χ1) is 10.1. The summed E-state index contributed by atoms with van der Waals surface area (Å²) in [5.41, 5.74) is 0.953. The Morgan fingerprint density at radius 3 is 2.71 bits per heavy atom. The number of hydrogen-bond acceptors (Lipinski definition) is 2. The predicted molar refractivity (Wildman–Crippen MR) is 81.7 cm³/mol. The Morgan fingerprint density at radius 1 is 1.38 bits per heavy atom. The number of nitrogens with one attached hydrogen (secondary N) is 2. The minimum Gasteiger partial charge on any atom is -0.497 e. The number of guanidine groups is 1. The minimum atomic E-state index is -2.45. The number of rotatable bonds is 7. The van der Waals surface area contributed by atoms with Crippen LogP contribution in [0.15, 0.2) is 23.2 Å². The summed E-state index contributed by atoms with van der Waals surface area (Å²) >= 11 is 6.13. The van der Waals surface area contributed by atoms with Crippen molar-refractivity contribution in [3.05, 3.63) is 28.8 Å². The number of alkyl halides is 2. The van der Waals surface area contributed by atoms with Crippen LogP contribution in [0.2, 0.25) is 5.02 Å². The Bertz CT molecular complexity index is 470. The predicted octanol–water partition coefficient (Wildman–Crippen LogP) is 2.71. The molecule has 0 radical (unpaired) electrons. The number of hydrogen-bond donors (Lipinski definition) is 2. The highest BCUT2D eigenvalue weighted by Crippen LogP contribution is 2.22. The lowest BCUT2D eigenvalue weighted by Gasteiger charge is -2.12. The van der Waals surface area contributed by atoms with Crippen molar-refractivity contribution in [2.75, 3.05) is 26.7 Å². The summed E-state index contributed by atoms with van der Waals surface area (Å²) in [6.07, 6.45) is -1.79. The standard InChI is InChI=1S/C14H20ClF2N3O/c1-3-18-14(20-9-13(16)17)19-7-6-10-4-5-11(21-2)8-12(10)15/h4-5,8,13H,3,6-7,9H2,1-2H3,(H2,18,19,20). The van der Waals surface area contributed by atoms with E-state index in [-0.39, 0.29) is 0 Å². The molecule has 0 fully saturated rings. The van der Waals surface area contributed by atoms with Crippen molar-refractivity contribution in [3.63, 3.8) is 0 Å². The molecule has 1 aromatic carbocycles. The fraction of sp³-hybridized carbons (Fsp3) is 0.500. The van der Waals surface area contributed by atoms with Gasteiger partial charge < -0.3 is 15.4 Å². The molecule has 118 valence electrons. The highest BCUT2D eigenvalue weighted by atomic mass is 35.5. The molecule has 7 heteroatoms. The van der Waals surface area contributed by atoms with Gasteiger partial charge in [0, 0.05) is 18.1 Å². The molecular formula is C14H20ClF2N3O. The summed E-state index contributed by atoms with van der Waals surface area (Å²) in [7, 11) is 1.58. The highest BCUT2D eigenvalue weighted by molar-refractivity contribution is 6.31. The van der Waals surface area contributed by atoms with Crippen molar-refractivity contribution >= 4 is 17.6 Å². The molecule has 0 saturated carbocycles. The molecule has 0 heterocycles. The smallest absolute Gasteiger partial charge is 0.257 e. The zero-order valence-electron chi connectivity index (χ0n) is 12.1. The van der Waals surface area contributed by atoms with Crippen molar-refractivity contribution in [3.8, 4) is 5.75 Å². The normalized spacial score (nSPS) is 11.6. The van der Waals surface area contributed by atoms with Crippen molar-refractivity contribution in [2.24, 2.45) is 4.99 Å². The van der Waals surface area contributed by atoms with Gasteiger partial charge in [-0.2, -0.15) is 0 Å². The van der Waals surface area contributed by atoms with Crippen molar-refractivity contribution in [2.45, 2.75) is 19.8 Å². The number of benzene rings is 1. The summed E-state index contributed by atoms with van der Waals surface area (Å²) in [6.45, 7) is 2.51. The van der Waals surface area contributed by atoms with Crippen LogP contribution in [-0.4, -0.2) is 39.1 Å². The van der Waals surface area contributed by atoms with Crippen LogP contribution in [0, 0.1) is 0 Å². The molecule has 2 N–H and O–H groups in total. The zero-order chi connectivity index (χ0) is 15.7. The van der Waals surface area contributed by atoms with Crippen LogP contribution in [0.1, 0.15) is 12.5 Å². The second-order valence-corrected chi connectivity index (χ2v) is 4.65. The average Bonchev–Trinajstić information content (AvgIpc) is 2.46. The van der Waals surface area contributed by atoms with E-state index in [9.17, 15) is 8.78 Å². The molecule has 0 aliphatic heterocycles. The van der Waals surface area contributed by atoms with Gasteiger partial charge in [0.2, 0.25) is 0 Å². The molecule has 21 heavy (non-hydrogen) atoms.